The van der Waals surface area contributed by atoms with Gasteiger partial charge >= 0.3 is 5.97 Å². The zero-order chi connectivity index (χ0) is 15.2. The normalized spacial score (nSPS) is 10.8. The van der Waals surface area contributed by atoms with Crippen molar-refractivity contribution >= 4 is 5.97 Å². The van der Waals surface area contributed by atoms with Crippen LogP contribution in [-0.2, 0) is 17.6 Å². The summed E-state index contributed by atoms with van der Waals surface area (Å²) in [6, 6.07) is 3.91. The Kier molecular flexibility index (Phi) is 4.97. The van der Waals surface area contributed by atoms with Crippen LogP contribution in [0.5, 0.6) is 0 Å². The zero-order valence-electron chi connectivity index (χ0n) is 11.2. The van der Waals surface area contributed by atoms with E-state index in [1.54, 1.807) is 0 Å². The minimum atomic E-state index is -0.918. The number of nitrogens with zero attached hydrogens (tertiary/aromatic N) is 2. The zero-order valence-corrected chi connectivity index (χ0v) is 11.2. The van der Waals surface area contributed by atoms with Crippen LogP contribution in [0.1, 0.15) is 36.6 Å². The first-order valence-electron chi connectivity index (χ1n) is 6.52. The lowest BCUT2D eigenvalue weighted by atomic mass is 10.1. The summed E-state index contributed by atoms with van der Waals surface area (Å²) in [5.74, 6) is -2.11. The van der Waals surface area contributed by atoms with Crippen LogP contribution in [0.3, 0.4) is 0 Å². The Hall–Kier alpha value is -2.31. The minimum Gasteiger partial charge on any atom is -0.481 e. The van der Waals surface area contributed by atoms with Gasteiger partial charge in [0.15, 0.2) is 11.6 Å². The van der Waals surface area contributed by atoms with Crippen LogP contribution in [-0.4, -0.2) is 21.3 Å². The van der Waals surface area contributed by atoms with Crippen LogP contribution in [0.2, 0.25) is 0 Å². The molecule has 0 fully saturated rings. The van der Waals surface area contributed by atoms with Crippen LogP contribution >= 0.6 is 0 Å². The highest BCUT2D eigenvalue weighted by molar-refractivity contribution is 5.66. The molecule has 0 amide bonds. The number of benzene rings is 1. The molecule has 21 heavy (non-hydrogen) atoms. The van der Waals surface area contributed by atoms with E-state index in [1.807, 2.05) is 0 Å². The van der Waals surface area contributed by atoms with E-state index in [2.05, 4.69) is 10.2 Å². The number of hydrogen-bond acceptors (Lipinski definition) is 4. The Bertz CT molecular complexity index is 628. The van der Waals surface area contributed by atoms with Crippen LogP contribution in [0, 0.1) is 11.6 Å². The summed E-state index contributed by atoms with van der Waals surface area (Å²) in [4.78, 5) is 10.4. The molecule has 0 aliphatic rings. The van der Waals surface area contributed by atoms with Crippen LogP contribution in [0.15, 0.2) is 22.6 Å². The number of unbranched alkanes of at least 4 members (excludes halogenated alkanes) is 1. The van der Waals surface area contributed by atoms with E-state index in [-0.39, 0.29) is 24.3 Å². The smallest absolute Gasteiger partial charge is 0.303 e. The maximum absolute atomic E-state index is 13.5. The lowest BCUT2D eigenvalue weighted by Crippen LogP contribution is -1.95. The summed E-state index contributed by atoms with van der Waals surface area (Å²) in [7, 11) is 0. The van der Waals surface area contributed by atoms with E-state index < -0.39 is 17.6 Å². The molecule has 0 unspecified atom stereocenters. The molecule has 5 nitrogen and oxygen atoms in total. The Morgan fingerprint density at radius 3 is 2.71 bits per heavy atom. The second kappa shape index (κ2) is 6.92. The average Bonchev–Trinajstić information content (AvgIpc) is 2.87. The number of aromatic nitrogens is 2. The Labute approximate surface area is 119 Å². The molecular formula is C14H14F2N2O3. The first-order valence-corrected chi connectivity index (χ1v) is 6.52. The first kappa shape index (κ1) is 15.1. The van der Waals surface area contributed by atoms with Crippen molar-refractivity contribution < 1.29 is 23.1 Å². The minimum absolute atomic E-state index is 0.0196. The van der Waals surface area contributed by atoms with Gasteiger partial charge in [0.25, 0.3) is 0 Å². The quantitative estimate of drug-likeness (QED) is 0.795. The molecule has 112 valence electrons. The van der Waals surface area contributed by atoms with Crippen molar-refractivity contribution in [2.75, 3.05) is 0 Å². The van der Waals surface area contributed by atoms with Crippen molar-refractivity contribution in [2.45, 2.75) is 32.1 Å². The molecule has 0 bridgehead atoms. The number of carbonyl (C=O) groups is 1. The van der Waals surface area contributed by atoms with Crippen LogP contribution in [0.4, 0.5) is 8.78 Å². The van der Waals surface area contributed by atoms with Crippen molar-refractivity contribution in [3.63, 3.8) is 0 Å². The number of aliphatic carboxylic acids is 1. The summed E-state index contributed by atoms with van der Waals surface area (Å²) >= 11 is 0. The van der Waals surface area contributed by atoms with Gasteiger partial charge in [-0.2, -0.15) is 0 Å². The fourth-order valence-corrected chi connectivity index (χ4v) is 1.86. The molecule has 1 heterocycles. The second-order valence-corrected chi connectivity index (χ2v) is 4.58. The Morgan fingerprint density at radius 2 is 1.95 bits per heavy atom. The van der Waals surface area contributed by atoms with Gasteiger partial charge in [0.2, 0.25) is 11.8 Å². The molecule has 1 aromatic heterocycles. The second-order valence-electron chi connectivity index (χ2n) is 4.58. The van der Waals surface area contributed by atoms with Gasteiger partial charge < -0.3 is 9.52 Å². The van der Waals surface area contributed by atoms with Crippen molar-refractivity contribution in [1.29, 1.82) is 0 Å². The highest BCUT2D eigenvalue weighted by Gasteiger charge is 2.12. The molecule has 7 heteroatoms. The summed E-state index contributed by atoms with van der Waals surface area (Å²) in [5.41, 5.74) is 0.149. The summed E-state index contributed by atoms with van der Waals surface area (Å²) in [5, 5.41) is 16.1. The molecule has 2 aromatic rings. The van der Waals surface area contributed by atoms with E-state index in [4.69, 9.17) is 9.52 Å². The fourth-order valence-electron chi connectivity index (χ4n) is 1.86. The van der Waals surface area contributed by atoms with Gasteiger partial charge in [-0.15, -0.1) is 10.2 Å². The van der Waals surface area contributed by atoms with Gasteiger partial charge in [0.05, 0.1) is 6.42 Å². The Morgan fingerprint density at radius 1 is 1.19 bits per heavy atom. The van der Waals surface area contributed by atoms with Gasteiger partial charge in [0.1, 0.15) is 0 Å². The SMILES string of the molecule is O=C(O)CCCCc1nnc(Cc2cccc(F)c2F)o1. The average molecular weight is 296 g/mol. The summed E-state index contributed by atoms with van der Waals surface area (Å²) < 4.78 is 31.9. The lowest BCUT2D eigenvalue weighted by molar-refractivity contribution is -0.137. The topological polar surface area (TPSA) is 76.2 Å². The predicted molar refractivity (Wildman–Crippen MR) is 68.7 cm³/mol. The van der Waals surface area contributed by atoms with Crippen LogP contribution < -0.4 is 0 Å². The monoisotopic (exact) mass is 296 g/mol. The molecule has 0 saturated carbocycles. The maximum atomic E-state index is 13.5. The van der Waals surface area contributed by atoms with Crippen molar-refractivity contribution in [2.24, 2.45) is 0 Å². The molecule has 0 radical (unpaired) electrons. The largest absolute Gasteiger partial charge is 0.481 e. The highest BCUT2D eigenvalue weighted by Crippen LogP contribution is 2.16. The van der Waals surface area contributed by atoms with Gasteiger partial charge in [-0.25, -0.2) is 8.78 Å². The van der Waals surface area contributed by atoms with E-state index >= 15 is 0 Å². The molecule has 1 aromatic carbocycles. The highest BCUT2D eigenvalue weighted by atomic mass is 19.2. The molecule has 1 N–H and O–H groups in total. The molecule has 0 spiro atoms. The lowest BCUT2D eigenvalue weighted by Gasteiger charge is -2.00. The van der Waals surface area contributed by atoms with E-state index in [9.17, 15) is 13.6 Å². The van der Waals surface area contributed by atoms with E-state index in [1.165, 1.54) is 12.1 Å². The predicted octanol–water partition coefficient (Wildman–Crippen LogP) is 2.74. The van der Waals surface area contributed by atoms with Gasteiger partial charge in [-0.3, -0.25) is 4.79 Å². The number of carboxylic acids is 1. The standard InChI is InChI=1S/C14H14F2N2O3/c15-10-5-3-4-9(14(10)16)8-12-18-17-11(21-12)6-1-2-7-13(19)20/h3-5H,1-2,6-8H2,(H,19,20). The maximum Gasteiger partial charge on any atom is 0.303 e. The Balaban J connectivity index is 1.91. The third-order valence-electron chi connectivity index (χ3n) is 2.91. The molecule has 0 aliphatic heterocycles. The number of halogens is 2. The molecule has 0 saturated heterocycles. The van der Waals surface area contributed by atoms with Crippen molar-refractivity contribution in [3.8, 4) is 0 Å². The van der Waals surface area contributed by atoms with Crippen molar-refractivity contribution in [3.05, 3.63) is 47.2 Å². The van der Waals surface area contributed by atoms with Gasteiger partial charge in [0, 0.05) is 18.4 Å². The number of carboxylic acid groups (broad SMARTS) is 1. The molecule has 0 aliphatic carbocycles. The molecule has 2 rings (SSSR count). The van der Waals surface area contributed by atoms with Crippen molar-refractivity contribution in [1.82, 2.24) is 10.2 Å². The number of hydrogen-bond donors (Lipinski definition) is 1. The van der Waals surface area contributed by atoms with E-state index in [0.29, 0.717) is 25.2 Å². The third-order valence-corrected chi connectivity index (χ3v) is 2.91. The third kappa shape index (κ3) is 4.34. The summed E-state index contributed by atoms with van der Waals surface area (Å²) in [6.45, 7) is 0. The number of aryl methyl sites for hydroxylation is 1. The number of rotatable bonds is 7. The van der Waals surface area contributed by atoms with Crippen LogP contribution in [0.25, 0.3) is 0 Å². The molecular weight excluding hydrogens is 282 g/mol. The summed E-state index contributed by atoms with van der Waals surface area (Å²) in [6.07, 6.45) is 1.71. The molecule has 0 atom stereocenters. The van der Waals surface area contributed by atoms with E-state index in [0.717, 1.165) is 6.07 Å². The first-order chi connectivity index (χ1) is 10.1. The fraction of sp³-hybridized carbons (Fsp3) is 0.357. The van der Waals surface area contributed by atoms with Gasteiger partial charge in [-0.1, -0.05) is 12.1 Å². The van der Waals surface area contributed by atoms with Gasteiger partial charge in [-0.05, 0) is 18.9 Å².